The fourth-order valence-corrected chi connectivity index (χ4v) is 2.36. The molecule has 1 aliphatic rings. The lowest BCUT2D eigenvalue weighted by atomic mass is 9.89. The number of rotatable bonds is 2. The van der Waals surface area contributed by atoms with E-state index < -0.39 is 11.4 Å². The first-order valence-corrected chi connectivity index (χ1v) is 5.43. The molecule has 0 spiro atoms. The highest BCUT2D eigenvalue weighted by molar-refractivity contribution is 5.45. The van der Waals surface area contributed by atoms with Gasteiger partial charge in [0.2, 0.25) is 0 Å². The summed E-state index contributed by atoms with van der Waals surface area (Å²) in [6.45, 7) is 0. The SMILES string of the molecule is COc1c(O)cc(C2(N)CCCC2)cc1F. The average Bonchev–Trinajstić information content (AvgIpc) is 2.66. The molecule has 0 aromatic heterocycles. The largest absolute Gasteiger partial charge is 0.504 e. The van der Waals surface area contributed by atoms with E-state index in [9.17, 15) is 9.50 Å². The molecule has 1 fully saturated rings. The highest BCUT2D eigenvalue weighted by atomic mass is 19.1. The molecule has 3 N–H and O–H groups in total. The Hall–Kier alpha value is -1.29. The molecule has 2 rings (SSSR count). The number of nitrogens with two attached hydrogens (primary N) is 1. The number of ether oxygens (including phenoxy) is 1. The maximum absolute atomic E-state index is 13.6. The van der Waals surface area contributed by atoms with Gasteiger partial charge in [0.05, 0.1) is 7.11 Å². The Morgan fingerprint density at radius 1 is 1.38 bits per heavy atom. The first-order valence-electron chi connectivity index (χ1n) is 5.43. The summed E-state index contributed by atoms with van der Waals surface area (Å²) in [5, 5.41) is 9.63. The molecule has 0 aliphatic heterocycles. The zero-order valence-corrected chi connectivity index (χ0v) is 9.29. The molecule has 16 heavy (non-hydrogen) atoms. The third-order valence-corrected chi connectivity index (χ3v) is 3.30. The number of hydrogen-bond donors (Lipinski definition) is 2. The van der Waals surface area contributed by atoms with Crippen molar-refractivity contribution in [1.29, 1.82) is 0 Å². The molecule has 0 saturated heterocycles. The zero-order valence-electron chi connectivity index (χ0n) is 9.29. The molecule has 1 aromatic rings. The second-order valence-electron chi connectivity index (χ2n) is 4.37. The quantitative estimate of drug-likeness (QED) is 0.811. The van der Waals surface area contributed by atoms with Gasteiger partial charge in [0, 0.05) is 5.54 Å². The van der Waals surface area contributed by atoms with Gasteiger partial charge >= 0.3 is 0 Å². The van der Waals surface area contributed by atoms with E-state index in [0.717, 1.165) is 25.7 Å². The molecule has 0 atom stereocenters. The van der Waals surface area contributed by atoms with Crippen LogP contribution in [0.4, 0.5) is 4.39 Å². The van der Waals surface area contributed by atoms with Crippen molar-refractivity contribution in [2.75, 3.05) is 7.11 Å². The maximum Gasteiger partial charge on any atom is 0.196 e. The fraction of sp³-hybridized carbons (Fsp3) is 0.500. The normalized spacial score (nSPS) is 18.7. The standard InChI is InChI=1S/C12H16FNO2/c1-16-11-9(13)6-8(7-10(11)15)12(14)4-2-3-5-12/h6-7,15H,2-5,14H2,1H3. The number of halogens is 1. The van der Waals surface area contributed by atoms with Crippen molar-refractivity contribution >= 4 is 0 Å². The lowest BCUT2D eigenvalue weighted by Gasteiger charge is -2.24. The van der Waals surface area contributed by atoms with Crippen molar-refractivity contribution < 1.29 is 14.2 Å². The van der Waals surface area contributed by atoms with Crippen LogP contribution < -0.4 is 10.5 Å². The molecule has 0 unspecified atom stereocenters. The Bertz CT molecular complexity index is 377. The Kier molecular flexibility index (Phi) is 2.76. The van der Waals surface area contributed by atoms with Crippen molar-refractivity contribution in [2.24, 2.45) is 5.73 Å². The van der Waals surface area contributed by atoms with E-state index in [1.165, 1.54) is 19.2 Å². The van der Waals surface area contributed by atoms with Crippen LogP contribution in [-0.4, -0.2) is 12.2 Å². The lowest BCUT2D eigenvalue weighted by molar-refractivity contribution is 0.347. The summed E-state index contributed by atoms with van der Waals surface area (Å²) < 4.78 is 18.4. The summed E-state index contributed by atoms with van der Waals surface area (Å²) in [4.78, 5) is 0. The van der Waals surface area contributed by atoms with E-state index in [2.05, 4.69) is 0 Å². The van der Waals surface area contributed by atoms with E-state index in [0.29, 0.717) is 5.56 Å². The molecule has 88 valence electrons. The lowest BCUT2D eigenvalue weighted by Crippen LogP contribution is -2.33. The van der Waals surface area contributed by atoms with Gasteiger partial charge < -0.3 is 15.6 Å². The van der Waals surface area contributed by atoms with Crippen molar-refractivity contribution in [2.45, 2.75) is 31.2 Å². The highest BCUT2D eigenvalue weighted by Gasteiger charge is 2.32. The molecular formula is C12H16FNO2. The Labute approximate surface area is 94.0 Å². The smallest absolute Gasteiger partial charge is 0.196 e. The second-order valence-corrected chi connectivity index (χ2v) is 4.37. The van der Waals surface area contributed by atoms with Gasteiger partial charge in [-0.3, -0.25) is 0 Å². The van der Waals surface area contributed by atoms with Crippen molar-refractivity contribution in [3.05, 3.63) is 23.5 Å². The number of aromatic hydroxyl groups is 1. The molecule has 0 radical (unpaired) electrons. The fourth-order valence-electron chi connectivity index (χ4n) is 2.36. The van der Waals surface area contributed by atoms with Crippen molar-refractivity contribution in [1.82, 2.24) is 0 Å². The van der Waals surface area contributed by atoms with Crippen LogP contribution in [0.1, 0.15) is 31.2 Å². The van der Waals surface area contributed by atoms with Crippen LogP contribution in [-0.2, 0) is 5.54 Å². The zero-order chi connectivity index (χ0) is 11.8. The van der Waals surface area contributed by atoms with Crippen LogP contribution in [0.25, 0.3) is 0 Å². The second kappa shape index (κ2) is 3.94. The molecule has 0 heterocycles. The third-order valence-electron chi connectivity index (χ3n) is 3.30. The Balaban J connectivity index is 2.43. The Morgan fingerprint density at radius 2 is 2.00 bits per heavy atom. The number of phenolic OH excluding ortho intramolecular Hbond substituents is 1. The van der Waals surface area contributed by atoms with Gasteiger partial charge in [-0.1, -0.05) is 12.8 Å². The molecule has 1 saturated carbocycles. The summed E-state index contributed by atoms with van der Waals surface area (Å²) in [7, 11) is 1.32. The first-order chi connectivity index (χ1) is 7.57. The molecular weight excluding hydrogens is 209 g/mol. The predicted octanol–water partition coefficient (Wildman–Crippen LogP) is 2.27. The van der Waals surface area contributed by atoms with Gasteiger partial charge in [-0.2, -0.15) is 0 Å². The van der Waals surface area contributed by atoms with Crippen LogP contribution in [0.5, 0.6) is 11.5 Å². The highest BCUT2D eigenvalue weighted by Crippen LogP contribution is 2.40. The number of phenols is 1. The molecule has 4 heteroatoms. The summed E-state index contributed by atoms with van der Waals surface area (Å²) >= 11 is 0. The molecule has 0 amide bonds. The van der Waals surface area contributed by atoms with Gasteiger partial charge in [-0.05, 0) is 30.5 Å². The van der Waals surface area contributed by atoms with Crippen LogP contribution in [0, 0.1) is 5.82 Å². The Morgan fingerprint density at radius 3 is 2.50 bits per heavy atom. The maximum atomic E-state index is 13.6. The van der Waals surface area contributed by atoms with E-state index in [1.807, 2.05) is 0 Å². The van der Waals surface area contributed by atoms with Crippen LogP contribution in [0.2, 0.25) is 0 Å². The number of hydrogen-bond acceptors (Lipinski definition) is 3. The van der Waals surface area contributed by atoms with Gasteiger partial charge in [0.1, 0.15) is 0 Å². The van der Waals surface area contributed by atoms with Gasteiger partial charge in [-0.25, -0.2) is 4.39 Å². The van der Waals surface area contributed by atoms with Crippen molar-refractivity contribution in [3.8, 4) is 11.5 Å². The van der Waals surface area contributed by atoms with E-state index in [-0.39, 0.29) is 11.5 Å². The van der Waals surface area contributed by atoms with Gasteiger partial charge in [0.25, 0.3) is 0 Å². The minimum Gasteiger partial charge on any atom is -0.504 e. The first kappa shape index (κ1) is 11.2. The summed E-state index contributed by atoms with van der Waals surface area (Å²) in [6.07, 6.45) is 3.76. The van der Waals surface area contributed by atoms with Gasteiger partial charge in [0.15, 0.2) is 17.3 Å². The summed E-state index contributed by atoms with van der Waals surface area (Å²) in [5.41, 5.74) is 6.35. The van der Waals surface area contributed by atoms with E-state index >= 15 is 0 Å². The predicted molar refractivity (Wildman–Crippen MR) is 59.0 cm³/mol. The number of methoxy groups -OCH3 is 1. The summed E-state index contributed by atoms with van der Waals surface area (Å²) in [5.74, 6) is -0.867. The van der Waals surface area contributed by atoms with E-state index in [4.69, 9.17) is 10.5 Å². The van der Waals surface area contributed by atoms with Crippen molar-refractivity contribution in [3.63, 3.8) is 0 Å². The number of benzene rings is 1. The molecule has 1 aromatic carbocycles. The van der Waals surface area contributed by atoms with Crippen LogP contribution in [0.15, 0.2) is 12.1 Å². The summed E-state index contributed by atoms with van der Waals surface area (Å²) in [6, 6.07) is 2.87. The minimum atomic E-state index is -0.561. The van der Waals surface area contributed by atoms with E-state index in [1.54, 1.807) is 0 Å². The minimum absolute atomic E-state index is 0.120. The van der Waals surface area contributed by atoms with Gasteiger partial charge in [-0.15, -0.1) is 0 Å². The molecule has 3 nitrogen and oxygen atoms in total. The molecule has 1 aliphatic carbocycles. The topological polar surface area (TPSA) is 55.5 Å². The molecule has 0 bridgehead atoms. The van der Waals surface area contributed by atoms with Crippen LogP contribution in [0.3, 0.4) is 0 Å². The monoisotopic (exact) mass is 225 g/mol. The average molecular weight is 225 g/mol. The van der Waals surface area contributed by atoms with Crippen LogP contribution >= 0.6 is 0 Å². The third kappa shape index (κ3) is 1.73.